The summed E-state index contributed by atoms with van der Waals surface area (Å²) in [6.07, 6.45) is 0. The quantitative estimate of drug-likeness (QED) is 0.167. The van der Waals surface area contributed by atoms with Crippen LogP contribution in [-0.2, 0) is 0 Å². The molecule has 3 heterocycles. The SMILES string of the molecule is Cc1ccccc1N(c1ccc2cc3c(cc2c1)oc1cc2cc(N(c4ccccc4C)c4c(C)ccc5c4oc4ccccc45)ccc2cc13)c1c(C)ccc2c1oc1ccccc12. The van der Waals surface area contributed by atoms with Gasteiger partial charge in [-0.1, -0.05) is 109 Å². The highest BCUT2D eigenvalue weighted by atomic mass is 16.3. The Kier molecular flexibility index (Phi) is 8.10. The number of anilines is 6. The van der Waals surface area contributed by atoms with Crippen LogP contribution >= 0.6 is 0 Å². The number of hydrogen-bond acceptors (Lipinski definition) is 5. The smallest absolute Gasteiger partial charge is 0.159 e. The van der Waals surface area contributed by atoms with Crippen LogP contribution in [-0.4, -0.2) is 0 Å². The minimum Gasteiger partial charge on any atom is -0.456 e. The second-order valence-electron chi connectivity index (χ2n) is 17.5. The van der Waals surface area contributed by atoms with Crippen molar-refractivity contribution in [2.45, 2.75) is 27.7 Å². The first-order valence-corrected chi connectivity index (χ1v) is 22.2. The molecule has 13 aromatic rings. The molecule has 0 atom stereocenters. The van der Waals surface area contributed by atoms with Gasteiger partial charge in [-0.05, 0) is 144 Å². The number of hydrogen-bond donors (Lipinski definition) is 0. The number of benzene rings is 10. The van der Waals surface area contributed by atoms with E-state index in [0.29, 0.717) is 0 Å². The van der Waals surface area contributed by atoms with E-state index in [1.54, 1.807) is 0 Å². The summed E-state index contributed by atoms with van der Waals surface area (Å²) in [5, 5.41) is 11.1. The molecule has 0 aliphatic rings. The molecule has 5 heteroatoms. The molecule has 0 saturated heterocycles. The average molecular weight is 839 g/mol. The fraction of sp³-hybridized carbons (Fsp3) is 0.0667. The monoisotopic (exact) mass is 838 g/mol. The number of aryl methyl sites for hydroxylation is 4. The number of para-hydroxylation sites is 4. The largest absolute Gasteiger partial charge is 0.456 e. The van der Waals surface area contributed by atoms with Gasteiger partial charge in [0.1, 0.15) is 22.3 Å². The van der Waals surface area contributed by atoms with Gasteiger partial charge in [0.15, 0.2) is 11.2 Å². The van der Waals surface area contributed by atoms with Crippen LogP contribution in [0.25, 0.3) is 87.4 Å². The molecule has 0 saturated carbocycles. The van der Waals surface area contributed by atoms with Crippen LogP contribution in [0.2, 0.25) is 0 Å². The fourth-order valence-corrected chi connectivity index (χ4v) is 10.2. The highest BCUT2D eigenvalue weighted by Gasteiger charge is 2.25. The molecule has 65 heavy (non-hydrogen) atoms. The first-order valence-electron chi connectivity index (χ1n) is 22.2. The maximum Gasteiger partial charge on any atom is 0.159 e. The van der Waals surface area contributed by atoms with Gasteiger partial charge in [-0.15, -0.1) is 0 Å². The summed E-state index contributed by atoms with van der Waals surface area (Å²) >= 11 is 0. The minimum absolute atomic E-state index is 0.854. The number of furan rings is 3. The molecule has 0 unspecified atom stereocenters. The van der Waals surface area contributed by atoms with Crippen molar-refractivity contribution in [1.29, 1.82) is 0 Å². The van der Waals surface area contributed by atoms with Crippen molar-refractivity contribution in [1.82, 2.24) is 0 Å². The normalized spacial score (nSPS) is 12.0. The number of rotatable bonds is 6. The second kappa shape index (κ2) is 14.1. The summed E-state index contributed by atoms with van der Waals surface area (Å²) in [6, 6.07) is 65.0. The molecule has 13 rings (SSSR count). The van der Waals surface area contributed by atoms with Gasteiger partial charge in [0.25, 0.3) is 0 Å². The van der Waals surface area contributed by atoms with Gasteiger partial charge in [-0.3, -0.25) is 0 Å². The first-order chi connectivity index (χ1) is 31.9. The molecule has 0 aliphatic carbocycles. The standard InChI is InChI=1S/C60H42N2O3/c1-35-13-5-9-17-51(35)61(57-37(3)21-27-47-45-15-7-11-19-53(45)64-59(47)57)43-25-23-39-31-49-50-32-40-24-26-44(30-42(40)34-56(50)63-55(49)33-41(39)29-43)62(52-18-10-6-14-36(52)2)58-38(4)22-28-48-46-16-8-12-20-54(46)65-60(48)58/h5-34H,1-4H3. The molecule has 0 bridgehead atoms. The third kappa shape index (κ3) is 5.72. The summed E-state index contributed by atoms with van der Waals surface area (Å²) < 4.78 is 20.2. The van der Waals surface area contributed by atoms with Gasteiger partial charge in [-0.25, -0.2) is 0 Å². The van der Waals surface area contributed by atoms with E-state index in [1.165, 1.54) is 11.1 Å². The van der Waals surface area contributed by atoms with Gasteiger partial charge < -0.3 is 23.1 Å². The predicted molar refractivity (Wildman–Crippen MR) is 272 cm³/mol. The van der Waals surface area contributed by atoms with Crippen LogP contribution in [0.4, 0.5) is 34.1 Å². The van der Waals surface area contributed by atoms with Crippen molar-refractivity contribution in [2.24, 2.45) is 0 Å². The third-order valence-corrected chi connectivity index (χ3v) is 13.5. The Morgan fingerprint density at radius 3 is 1.18 bits per heavy atom. The number of fused-ring (bicyclic) bond motifs is 11. The Balaban J connectivity index is 0.962. The third-order valence-electron chi connectivity index (χ3n) is 13.5. The van der Waals surface area contributed by atoms with Crippen LogP contribution in [0.1, 0.15) is 22.3 Å². The van der Waals surface area contributed by atoms with E-state index in [1.807, 2.05) is 12.1 Å². The van der Waals surface area contributed by atoms with Crippen LogP contribution in [0, 0.1) is 27.7 Å². The molecular formula is C60H42N2O3. The summed E-state index contributed by atoms with van der Waals surface area (Å²) in [5.41, 5.74) is 16.2. The lowest BCUT2D eigenvalue weighted by atomic mass is 10.0. The molecule has 310 valence electrons. The van der Waals surface area contributed by atoms with Gasteiger partial charge in [0.05, 0.1) is 11.4 Å². The van der Waals surface area contributed by atoms with E-state index in [9.17, 15) is 0 Å². The zero-order valence-electron chi connectivity index (χ0n) is 36.4. The highest BCUT2D eigenvalue weighted by molar-refractivity contribution is 6.16. The van der Waals surface area contributed by atoms with E-state index in [2.05, 4.69) is 207 Å². The Hall–Kier alpha value is -8.28. The van der Waals surface area contributed by atoms with Crippen LogP contribution in [0.3, 0.4) is 0 Å². The Morgan fingerprint density at radius 1 is 0.292 bits per heavy atom. The molecule has 5 nitrogen and oxygen atoms in total. The summed E-state index contributed by atoms with van der Waals surface area (Å²) in [7, 11) is 0. The van der Waals surface area contributed by atoms with Gasteiger partial charge in [0.2, 0.25) is 0 Å². The maximum absolute atomic E-state index is 6.81. The molecule has 0 N–H and O–H groups in total. The lowest BCUT2D eigenvalue weighted by Crippen LogP contribution is -2.13. The van der Waals surface area contributed by atoms with Crippen molar-refractivity contribution < 1.29 is 13.3 Å². The van der Waals surface area contributed by atoms with Crippen molar-refractivity contribution >= 4 is 121 Å². The van der Waals surface area contributed by atoms with Crippen LogP contribution in [0.5, 0.6) is 0 Å². The average Bonchev–Trinajstić information content (AvgIpc) is 4.00. The summed E-state index contributed by atoms with van der Waals surface area (Å²) in [5.74, 6) is 0. The van der Waals surface area contributed by atoms with E-state index < -0.39 is 0 Å². The van der Waals surface area contributed by atoms with Crippen molar-refractivity contribution in [3.05, 3.63) is 204 Å². The zero-order valence-corrected chi connectivity index (χ0v) is 36.4. The zero-order chi connectivity index (χ0) is 43.5. The fourth-order valence-electron chi connectivity index (χ4n) is 10.2. The minimum atomic E-state index is 0.854. The molecule has 10 aromatic carbocycles. The molecule has 0 aliphatic heterocycles. The topological polar surface area (TPSA) is 45.9 Å². The maximum atomic E-state index is 6.81. The van der Waals surface area contributed by atoms with Crippen LogP contribution < -0.4 is 9.80 Å². The molecule has 0 spiro atoms. The lowest BCUT2D eigenvalue weighted by Gasteiger charge is -2.28. The molecule has 3 aromatic heterocycles. The van der Waals surface area contributed by atoms with Crippen LogP contribution in [0.15, 0.2) is 195 Å². The highest BCUT2D eigenvalue weighted by Crippen LogP contribution is 2.48. The van der Waals surface area contributed by atoms with Crippen molar-refractivity contribution in [3.63, 3.8) is 0 Å². The van der Waals surface area contributed by atoms with E-state index in [-0.39, 0.29) is 0 Å². The van der Waals surface area contributed by atoms with Gasteiger partial charge >= 0.3 is 0 Å². The first kappa shape index (κ1) is 37.3. The van der Waals surface area contributed by atoms with E-state index in [0.717, 1.165) is 133 Å². The summed E-state index contributed by atoms with van der Waals surface area (Å²) in [6.45, 7) is 8.68. The van der Waals surface area contributed by atoms with Crippen molar-refractivity contribution in [3.8, 4) is 0 Å². The molecule has 0 amide bonds. The Labute approximate surface area is 374 Å². The van der Waals surface area contributed by atoms with E-state index in [4.69, 9.17) is 13.3 Å². The molecule has 0 radical (unpaired) electrons. The van der Waals surface area contributed by atoms with E-state index >= 15 is 0 Å². The van der Waals surface area contributed by atoms with Gasteiger partial charge in [-0.2, -0.15) is 0 Å². The van der Waals surface area contributed by atoms with Crippen molar-refractivity contribution in [2.75, 3.05) is 9.80 Å². The van der Waals surface area contributed by atoms with Gasteiger partial charge in [0, 0.05) is 55.1 Å². The Morgan fingerprint density at radius 2 is 0.723 bits per heavy atom. The molecular weight excluding hydrogens is 797 g/mol. The molecule has 0 fully saturated rings. The predicted octanol–water partition coefficient (Wildman–Crippen LogP) is 17.9. The summed E-state index contributed by atoms with van der Waals surface area (Å²) in [4.78, 5) is 4.72. The second-order valence-corrected chi connectivity index (χ2v) is 17.5. The Bertz CT molecular complexity index is 3830. The number of nitrogens with zero attached hydrogens (tertiary/aromatic N) is 2. The lowest BCUT2D eigenvalue weighted by molar-refractivity contribution is 0.668.